The van der Waals surface area contributed by atoms with Crippen LogP contribution >= 0.6 is 0 Å². The van der Waals surface area contributed by atoms with Gasteiger partial charge in [0.1, 0.15) is 0 Å². The predicted octanol–water partition coefficient (Wildman–Crippen LogP) is 0.0750. The highest BCUT2D eigenvalue weighted by atomic mass is 32.2. The van der Waals surface area contributed by atoms with E-state index in [4.69, 9.17) is 5.11 Å². The predicted molar refractivity (Wildman–Crippen MR) is 57.1 cm³/mol. The maximum absolute atomic E-state index is 12.2. The minimum absolute atomic E-state index is 0.0174. The molecule has 1 heterocycles. The molecule has 7 heteroatoms. The highest BCUT2D eigenvalue weighted by molar-refractivity contribution is 7.89. The molecule has 1 fully saturated rings. The van der Waals surface area contributed by atoms with Crippen LogP contribution in [0, 0.1) is 0 Å². The Balaban J connectivity index is 2.37. The number of hydrogen-bond acceptors (Lipinski definition) is 4. The molecule has 90 valence electrons. The number of aliphatic hydroxyl groups is 1. The molecule has 1 saturated carbocycles. The maximum atomic E-state index is 12.2. The second-order valence-corrected chi connectivity index (χ2v) is 5.65. The summed E-state index contributed by atoms with van der Waals surface area (Å²) in [7, 11) is -3.53. The Kier molecular flexibility index (Phi) is 3.00. The molecule has 0 radical (unpaired) electrons. The van der Waals surface area contributed by atoms with Gasteiger partial charge < -0.3 is 5.11 Å². The van der Waals surface area contributed by atoms with Gasteiger partial charge in [-0.05, 0) is 12.8 Å². The topological polar surface area (TPSA) is 86.3 Å². The first kappa shape index (κ1) is 11.6. The number of hydrogen-bond donors (Lipinski definition) is 2. The van der Waals surface area contributed by atoms with Crippen molar-refractivity contribution in [1.29, 1.82) is 0 Å². The van der Waals surface area contributed by atoms with Crippen molar-refractivity contribution in [1.82, 2.24) is 14.5 Å². The number of rotatable bonds is 5. The van der Waals surface area contributed by atoms with E-state index in [1.165, 1.54) is 10.5 Å². The molecule has 1 aromatic heterocycles. The number of nitrogens with zero attached hydrogens (tertiary/aromatic N) is 2. The van der Waals surface area contributed by atoms with Crippen molar-refractivity contribution in [3.63, 3.8) is 0 Å². The van der Waals surface area contributed by atoms with Gasteiger partial charge in [0.15, 0.2) is 5.03 Å². The molecule has 2 rings (SSSR count). The Morgan fingerprint density at radius 2 is 2.31 bits per heavy atom. The van der Waals surface area contributed by atoms with Crippen molar-refractivity contribution >= 4 is 10.0 Å². The quantitative estimate of drug-likeness (QED) is 0.769. The summed E-state index contributed by atoms with van der Waals surface area (Å²) in [4.78, 5) is 0. The highest BCUT2D eigenvalue weighted by Crippen LogP contribution is 2.31. The molecule has 0 amide bonds. The summed E-state index contributed by atoms with van der Waals surface area (Å²) in [5.41, 5.74) is 0.319. The Hall–Kier alpha value is -0.920. The zero-order chi connectivity index (χ0) is 11.8. The molecule has 1 aromatic rings. The van der Waals surface area contributed by atoms with E-state index in [1.807, 2.05) is 6.92 Å². The van der Waals surface area contributed by atoms with Gasteiger partial charge in [0.2, 0.25) is 0 Å². The van der Waals surface area contributed by atoms with E-state index < -0.39 is 10.0 Å². The van der Waals surface area contributed by atoms with Gasteiger partial charge in [-0.25, -0.2) is 8.42 Å². The molecule has 6 nitrogen and oxygen atoms in total. The smallest absolute Gasteiger partial charge is 0.260 e. The van der Waals surface area contributed by atoms with E-state index >= 15 is 0 Å². The molecule has 2 N–H and O–H groups in total. The Morgan fingerprint density at radius 3 is 2.81 bits per heavy atom. The van der Waals surface area contributed by atoms with Gasteiger partial charge in [0.05, 0.1) is 12.8 Å². The number of aromatic amines is 1. The van der Waals surface area contributed by atoms with Crippen molar-refractivity contribution in [2.45, 2.75) is 37.4 Å². The average Bonchev–Trinajstić information content (AvgIpc) is 2.95. The van der Waals surface area contributed by atoms with Crippen LogP contribution in [0.3, 0.4) is 0 Å². The van der Waals surface area contributed by atoms with Gasteiger partial charge in [-0.1, -0.05) is 6.92 Å². The van der Waals surface area contributed by atoms with E-state index in [0.29, 0.717) is 12.1 Å². The summed E-state index contributed by atoms with van der Waals surface area (Å²) >= 11 is 0. The largest absolute Gasteiger partial charge is 0.392 e. The fourth-order valence-corrected chi connectivity index (χ4v) is 3.53. The molecule has 0 saturated heterocycles. The summed E-state index contributed by atoms with van der Waals surface area (Å²) in [6, 6.07) is 0.116. The zero-order valence-corrected chi connectivity index (χ0v) is 9.87. The van der Waals surface area contributed by atoms with Crippen LogP contribution in [0.25, 0.3) is 0 Å². The Bertz CT molecular complexity index is 464. The Labute approximate surface area is 94.3 Å². The summed E-state index contributed by atoms with van der Waals surface area (Å²) < 4.78 is 25.9. The van der Waals surface area contributed by atoms with Crippen LogP contribution in [0.5, 0.6) is 0 Å². The van der Waals surface area contributed by atoms with Crippen LogP contribution in [0.4, 0.5) is 0 Å². The van der Waals surface area contributed by atoms with Crippen LogP contribution in [-0.4, -0.2) is 40.6 Å². The molecule has 0 aliphatic heterocycles. The third kappa shape index (κ3) is 1.85. The SMILES string of the molecule is CCN(C1CC1)S(=O)(=O)c1[nH]ncc1CO. The van der Waals surface area contributed by atoms with Crippen LogP contribution in [0.15, 0.2) is 11.2 Å². The third-order valence-electron chi connectivity index (χ3n) is 2.68. The lowest BCUT2D eigenvalue weighted by Gasteiger charge is -2.19. The lowest BCUT2D eigenvalue weighted by Crippen LogP contribution is -2.33. The van der Waals surface area contributed by atoms with E-state index in [2.05, 4.69) is 10.2 Å². The molecule has 0 unspecified atom stereocenters. The molecule has 0 atom stereocenters. The van der Waals surface area contributed by atoms with Crippen LogP contribution < -0.4 is 0 Å². The second-order valence-electron chi connectivity index (χ2n) is 3.82. The van der Waals surface area contributed by atoms with Crippen molar-refractivity contribution in [2.75, 3.05) is 6.54 Å². The molecule has 0 bridgehead atoms. The zero-order valence-electron chi connectivity index (χ0n) is 9.05. The number of aliphatic hydroxyl groups excluding tert-OH is 1. The minimum Gasteiger partial charge on any atom is -0.392 e. The first-order chi connectivity index (χ1) is 7.61. The first-order valence-corrected chi connectivity index (χ1v) is 6.70. The summed E-state index contributed by atoms with van der Waals surface area (Å²) in [5, 5.41) is 15.2. The second kappa shape index (κ2) is 4.15. The third-order valence-corrected chi connectivity index (χ3v) is 4.72. The van der Waals surface area contributed by atoms with Crippen LogP contribution in [0.2, 0.25) is 0 Å². The lowest BCUT2D eigenvalue weighted by molar-refractivity contribution is 0.278. The number of H-pyrrole nitrogens is 1. The molecule has 0 aromatic carbocycles. The van der Waals surface area contributed by atoms with Gasteiger partial charge in [0.25, 0.3) is 10.0 Å². The summed E-state index contributed by atoms with van der Waals surface area (Å²) in [5.74, 6) is 0. The van der Waals surface area contributed by atoms with E-state index in [1.54, 1.807) is 0 Å². The van der Waals surface area contributed by atoms with Gasteiger partial charge >= 0.3 is 0 Å². The molecule has 16 heavy (non-hydrogen) atoms. The fourth-order valence-electron chi connectivity index (χ4n) is 1.74. The summed E-state index contributed by atoms with van der Waals surface area (Å²) in [6.45, 7) is 1.93. The Morgan fingerprint density at radius 1 is 1.62 bits per heavy atom. The van der Waals surface area contributed by atoms with Crippen molar-refractivity contribution in [2.24, 2.45) is 0 Å². The molecule has 1 aliphatic carbocycles. The van der Waals surface area contributed by atoms with Crippen molar-refractivity contribution in [3.8, 4) is 0 Å². The highest BCUT2D eigenvalue weighted by Gasteiger charge is 2.38. The molecular formula is C9H15N3O3S. The number of nitrogens with one attached hydrogen (secondary N) is 1. The van der Waals surface area contributed by atoms with E-state index in [0.717, 1.165) is 12.8 Å². The van der Waals surface area contributed by atoms with Crippen molar-refractivity contribution < 1.29 is 13.5 Å². The minimum atomic E-state index is -3.53. The summed E-state index contributed by atoms with van der Waals surface area (Å²) in [6.07, 6.45) is 3.17. The first-order valence-electron chi connectivity index (χ1n) is 5.26. The fraction of sp³-hybridized carbons (Fsp3) is 0.667. The van der Waals surface area contributed by atoms with Gasteiger partial charge in [-0.3, -0.25) is 5.10 Å². The van der Waals surface area contributed by atoms with E-state index in [-0.39, 0.29) is 17.7 Å². The maximum Gasteiger partial charge on any atom is 0.260 e. The lowest BCUT2D eigenvalue weighted by atomic mass is 10.4. The standard InChI is InChI=1S/C9H15N3O3S/c1-2-12(8-3-4-8)16(14,15)9-7(6-13)5-10-11-9/h5,8,13H,2-4,6H2,1H3,(H,10,11). The van der Waals surface area contributed by atoms with Gasteiger partial charge in [0, 0.05) is 18.2 Å². The van der Waals surface area contributed by atoms with Gasteiger partial charge in [-0.15, -0.1) is 0 Å². The molecule has 0 spiro atoms. The normalized spacial score (nSPS) is 16.9. The monoisotopic (exact) mass is 245 g/mol. The van der Waals surface area contributed by atoms with Gasteiger partial charge in [-0.2, -0.15) is 9.40 Å². The van der Waals surface area contributed by atoms with Crippen molar-refractivity contribution in [3.05, 3.63) is 11.8 Å². The molecular weight excluding hydrogens is 230 g/mol. The number of sulfonamides is 1. The van der Waals surface area contributed by atoms with Crippen LogP contribution in [0.1, 0.15) is 25.3 Å². The van der Waals surface area contributed by atoms with E-state index in [9.17, 15) is 8.42 Å². The molecule has 1 aliphatic rings. The average molecular weight is 245 g/mol. The van der Waals surface area contributed by atoms with Crippen LogP contribution in [-0.2, 0) is 16.6 Å². The number of aromatic nitrogens is 2.